The standard InChI is InChI=1S/C11H18O4/c1-10(2,3)15-9(14)7-11(4-5-11)6-8(12)13/h4-7H2,1-3H3,(H,12,13). The fraction of sp³-hybridized carbons (Fsp3) is 0.818. The van der Waals surface area contributed by atoms with Gasteiger partial charge < -0.3 is 9.84 Å². The number of hydrogen-bond donors (Lipinski definition) is 1. The van der Waals surface area contributed by atoms with E-state index in [9.17, 15) is 9.59 Å². The molecule has 0 atom stereocenters. The van der Waals surface area contributed by atoms with E-state index >= 15 is 0 Å². The van der Waals surface area contributed by atoms with Crippen molar-refractivity contribution in [1.82, 2.24) is 0 Å². The van der Waals surface area contributed by atoms with Gasteiger partial charge in [-0.2, -0.15) is 0 Å². The summed E-state index contributed by atoms with van der Waals surface area (Å²) < 4.78 is 5.16. The highest BCUT2D eigenvalue weighted by atomic mass is 16.6. The van der Waals surface area contributed by atoms with Gasteiger partial charge in [-0.25, -0.2) is 0 Å². The molecule has 1 aliphatic rings. The summed E-state index contributed by atoms with van der Waals surface area (Å²) in [5.41, 5.74) is -0.801. The molecule has 1 aliphatic carbocycles. The van der Waals surface area contributed by atoms with Crippen LogP contribution in [0.5, 0.6) is 0 Å². The van der Waals surface area contributed by atoms with Crippen molar-refractivity contribution in [2.45, 2.75) is 52.1 Å². The van der Waals surface area contributed by atoms with Gasteiger partial charge in [-0.15, -0.1) is 0 Å². The summed E-state index contributed by atoms with van der Waals surface area (Å²) in [7, 11) is 0. The lowest BCUT2D eigenvalue weighted by atomic mass is 9.98. The molecule has 1 N–H and O–H groups in total. The van der Waals surface area contributed by atoms with Crippen LogP contribution in [0.2, 0.25) is 0 Å². The predicted octanol–water partition coefficient (Wildman–Crippen LogP) is 1.97. The molecule has 4 heteroatoms. The Morgan fingerprint density at radius 3 is 2.13 bits per heavy atom. The van der Waals surface area contributed by atoms with E-state index in [4.69, 9.17) is 9.84 Å². The molecule has 0 radical (unpaired) electrons. The quantitative estimate of drug-likeness (QED) is 0.727. The van der Waals surface area contributed by atoms with E-state index in [1.165, 1.54) is 0 Å². The van der Waals surface area contributed by atoms with Crippen molar-refractivity contribution in [3.05, 3.63) is 0 Å². The number of rotatable bonds is 4. The average Bonchev–Trinajstić information content (AvgIpc) is 2.61. The van der Waals surface area contributed by atoms with Gasteiger partial charge in [0.05, 0.1) is 12.8 Å². The van der Waals surface area contributed by atoms with Gasteiger partial charge in [-0.3, -0.25) is 9.59 Å². The maximum Gasteiger partial charge on any atom is 0.306 e. The summed E-state index contributed by atoms with van der Waals surface area (Å²) in [4.78, 5) is 22.1. The van der Waals surface area contributed by atoms with Crippen LogP contribution in [0.25, 0.3) is 0 Å². The van der Waals surface area contributed by atoms with Crippen molar-refractivity contribution in [2.24, 2.45) is 5.41 Å². The molecule has 0 heterocycles. The van der Waals surface area contributed by atoms with E-state index in [0.29, 0.717) is 0 Å². The molecular weight excluding hydrogens is 196 g/mol. The minimum atomic E-state index is -0.837. The lowest BCUT2D eigenvalue weighted by Gasteiger charge is -2.21. The third-order valence-electron chi connectivity index (χ3n) is 2.42. The van der Waals surface area contributed by atoms with Crippen molar-refractivity contribution >= 4 is 11.9 Å². The fourth-order valence-corrected chi connectivity index (χ4v) is 1.60. The molecule has 86 valence electrons. The van der Waals surface area contributed by atoms with E-state index in [0.717, 1.165) is 12.8 Å². The van der Waals surface area contributed by atoms with E-state index in [-0.39, 0.29) is 24.2 Å². The van der Waals surface area contributed by atoms with Gasteiger partial charge >= 0.3 is 11.9 Å². The number of carboxylic acid groups (broad SMARTS) is 1. The van der Waals surface area contributed by atoms with Crippen molar-refractivity contribution in [3.8, 4) is 0 Å². The fourth-order valence-electron chi connectivity index (χ4n) is 1.60. The van der Waals surface area contributed by atoms with Crippen molar-refractivity contribution in [2.75, 3.05) is 0 Å². The molecule has 1 rings (SSSR count). The molecule has 0 amide bonds. The third-order valence-corrected chi connectivity index (χ3v) is 2.42. The first kappa shape index (κ1) is 12.0. The van der Waals surface area contributed by atoms with Crippen LogP contribution in [0.15, 0.2) is 0 Å². The highest BCUT2D eigenvalue weighted by molar-refractivity contribution is 5.74. The number of aliphatic carboxylic acids is 1. The van der Waals surface area contributed by atoms with Gasteiger partial charge in [-0.1, -0.05) is 0 Å². The smallest absolute Gasteiger partial charge is 0.306 e. The Kier molecular flexibility index (Phi) is 3.07. The Balaban J connectivity index is 2.41. The normalized spacial score (nSPS) is 18.3. The third kappa shape index (κ3) is 4.32. The maximum absolute atomic E-state index is 11.5. The summed E-state index contributed by atoms with van der Waals surface area (Å²) in [6, 6.07) is 0. The Morgan fingerprint density at radius 2 is 1.80 bits per heavy atom. The summed E-state index contributed by atoms with van der Waals surface area (Å²) in [6.45, 7) is 5.42. The van der Waals surface area contributed by atoms with E-state index in [2.05, 4.69) is 0 Å². The first-order valence-electron chi connectivity index (χ1n) is 5.16. The summed E-state index contributed by atoms with van der Waals surface area (Å²) in [5, 5.41) is 8.68. The molecule has 1 saturated carbocycles. The molecule has 15 heavy (non-hydrogen) atoms. The minimum Gasteiger partial charge on any atom is -0.481 e. The molecule has 0 aromatic rings. The largest absolute Gasteiger partial charge is 0.481 e. The zero-order valence-electron chi connectivity index (χ0n) is 9.50. The van der Waals surface area contributed by atoms with E-state index < -0.39 is 11.6 Å². The van der Waals surface area contributed by atoms with Gasteiger partial charge in [0.1, 0.15) is 5.60 Å². The molecule has 4 nitrogen and oxygen atoms in total. The second kappa shape index (κ2) is 3.83. The molecule has 0 unspecified atom stereocenters. The molecule has 0 aliphatic heterocycles. The second-order valence-corrected chi connectivity index (χ2v) is 5.33. The van der Waals surface area contributed by atoms with E-state index in [1.807, 2.05) is 20.8 Å². The van der Waals surface area contributed by atoms with Gasteiger partial charge in [0.15, 0.2) is 0 Å². The maximum atomic E-state index is 11.5. The van der Waals surface area contributed by atoms with Gasteiger partial charge in [-0.05, 0) is 39.0 Å². The SMILES string of the molecule is CC(C)(C)OC(=O)CC1(CC(=O)O)CC1. The number of carbonyl (C=O) groups is 2. The predicted molar refractivity (Wildman–Crippen MR) is 54.4 cm³/mol. The van der Waals surface area contributed by atoms with Gasteiger partial charge in [0, 0.05) is 0 Å². The van der Waals surface area contributed by atoms with Crippen LogP contribution in [0.1, 0.15) is 46.5 Å². The topological polar surface area (TPSA) is 63.6 Å². The van der Waals surface area contributed by atoms with Crippen molar-refractivity contribution < 1.29 is 19.4 Å². The monoisotopic (exact) mass is 214 g/mol. The van der Waals surface area contributed by atoms with Crippen LogP contribution in [0.4, 0.5) is 0 Å². The summed E-state index contributed by atoms with van der Waals surface area (Å²) in [5.74, 6) is -1.13. The average molecular weight is 214 g/mol. The first-order valence-corrected chi connectivity index (χ1v) is 5.16. The lowest BCUT2D eigenvalue weighted by molar-refractivity contribution is -0.156. The molecule has 0 aromatic heterocycles. The zero-order valence-corrected chi connectivity index (χ0v) is 9.50. The van der Waals surface area contributed by atoms with Gasteiger partial charge in [0.25, 0.3) is 0 Å². The Bertz CT molecular complexity index is 271. The second-order valence-electron chi connectivity index (χ2n) is 5.33. The van der Waals surface area contributed by atoms with Crippen LogP contribution in [-0.2, 0) is 14.3 Å². The molecular formula is C11H18O4. The molecule has 0 aromatic carbocycles. The van der Waals surface area contributed by atoms with Crippen LogP contribution >= 0.6 is 0 Å². The highest BCUT2D eigenvalue weighted by Crippen LogP contribution is 2.52. The number of carboxylic acids is 1. The Labute approximate surface area is 89.6 Å². The van der Waals surface area contributed by atoms with E-state index in [1.54, 1.807) is 0 Å². The van der Waals surface area contributed by atoms with Crippen LogP contribution < -0.4 is 0 Å². The minimum absolute atomic E-state index is 0.0756. The molecule has 0 saturated heterocycles. The number of ether oxygens (including phenoxy) is 1. The van der Waals surface area contributed by atoms with Crippen LogP contribution in [-0.4, -0.2) is 22.6 Å². The number of carbonyl (C=O) groups excluding carboxylic acids is 1. The zero-order chi connectivity index (χ0) is 11.7. The molecule has 0 spiro atoms. The molecule has 0 bridgehead atoms. The van der Waals surface area contributed by atoms with Crippen molar-refractivity contribution in [3.63, 3.8) is 0 Å². The number of hydrogen-bond acceptors (Lipinski definition) is 3. The summed E-state index contributed by atoms with van der Waals surface area (Å²) >= 11 is 0. The highest BCUT2D eigenvalue weighted by Gasteiger charge is 2.46. The molecule has 1 fully saturated rings. The van der Waals surface area contributed by atoms with Crippen LogP contribution in [0, 0.1) is 5.41 Å². The lowest BCUT2D eigenvalue weighted by Crippen LogP contribution is -2.26. The Morgan fingerprint density at radius 1 is 1.27 bits per heavy atom. The summed E-state index contributed by atoms with van der Waals surface area (Å²) in [6.07, 6.45) is 1.94. The Hall–Kier alpha value is -1.06. The number of esters is 1. The van der Waals surface area contributed by atoms with Gasteiger partial charge in [0.2, 0.25) is 0 Å². The van der Waals surface area contributed by atoms with Crippen molar-refractivity contribution in [1.29, 1.82) is 0 Å². The first-order chi connectivity index (χ1) is 6.72. The van der Waals surface area contributed by atoms with Crippen LogP contribution in [0.3, 0.4) is 0 Å².